The largest absolute Gasteiger partial charge is 0.493 e. The highest BCUT2D eigenvalue weighted by atomic mass is 35.5. The summed E-state index contributed by atoms with van der Waals surface area (Å²) in [5.41, 5.74) is 0.237. The summed E-state index contributed by atoms with van der Waals surface area (Å²) in [6, 6.07) is 8.97. The van der Waals surface area contributed by atoms with Crippen LogP contribution in [0, 0.1) is 16.0 Å². The van der Waals surface area contributed by atoms with Crippen molar-refractivity contribution in [3.8, 4) is 17.2 Å². The molecule has 1 unspecified atom stereocenters. The lowest BCUT2D eigenvalue weighted by Gasteiger charge is -2.31. The van der Waals surface area contributed by atoms with Crippen molar-refractivity contribution >= 4 is 23.2 Å². The summed E-state index contributed by atoms with van der Waals surface area (Å²) in [6.45, 7) is 3.60. The van der Waals surface area contributed by atoms with Crippen molar-refractivity contribution in [1.82, 2.24) is 4.90 Å². The molecule has 1 aliphatic heterocycles. The molecular formula is C20H21ClN2O5. The Kier molecular flexibility index (Phi) is 6.04. The van der Waals surface area contributed by atoms with Gasteiger partial charge in [-0.1, -0.05) is 18.5 Å². The zero-order chi connectivity index (χ0) is 20.3. The number of likely N-dealkylation sites (tertiary alicyclic amines) is 1. The lowest BCUT2D eigenvalue weighted by Crippen LogP contribution is -2.39. The monoisotopic (exact) mass is 404 g/mol. The Hall–Kier alpha value is -2.80. The number of ether oxygens (including phenoxy) is 2. The Labute approximate surface area is 168 Å². The molecule has 0 aromatic heterocycles. The van der Waals surface area contributed by atoms with Crippen molar-refractivity contribution in [1.29, 1.82) is 0 Å². The minimum absolute atomic E-state index is 0.0385. The quantitative estimate of drug-likeness (QED) is 0.521. The molecule has 1 amide bonds. The molecule has 1 aliphatic rings. The zero-order valence-corrected chi connectivity index (χ0v) is 16.4. The normalized spacial score (nSPS) is 16.5. The highest BCUT2D eigenvalue weighted by Crippen LogP contribution is 2.38. The molecule has 0 aliphatic carbocycles. The fraction of sp³-hybridized carbons (Fsp3) is 0.350. The van der Waals surface area contributed by atoms with Gasteiger partial charge in [-0.15, -0.1) is 0 Å². The number of carbonyl (C=O) groups is 1. The van der Waals surface area contributed by atoms with Gasteiger partial charge in [-0.3, -0.25) is 14.9 Å². The summed E-state index contributed by atoms with van der Waals surface area (Å²) in [7, 11) is 1.45. The van der Waals surface area contributed by atoms with Gasteiger partial charge in [-0.25, -0.2) is 0 Å². The van der Waals surface area contributed by atoms with Gasteiger partial charge in [-0.05, 0) is 49.1 Å². The number of hydrogen-bond acceptors (Lipinski definition) is 5. The van der Waals surface area contributed by atoms with Gasteiger partial charge >= 0.3 is 5.69 Å². The van der Waals surface area contributed by atoms with Crippen LogP contribution in [0.25, 0.3) is 0 Å². The van der Waals surface area contributed by atoms with Crippen molar-refractivity contribution in [3.63, 3.8) is 0 Å². The van der Waals surface area contributed by atoms with Crippen molar-refractivity contribution in [2.75, 3.05) is 20.2 Å². The third kappa shape index (κ3) is 4.36. The van der Waals surface area contributed by atoms with Gasteiger partial charge in [0.05, 0.1) is 12.0 Å². The standard InChI is InChI=1S/C20H21ClN2O5/c1-13-4-3-9-22(12-13)20(24)14-5-7-18(19(10-14)27-2)28-17-8-6-15(21)11-16(17)23(25)26/h5-8,10-11,13H,3-4,9,12H2,1-2H3. The number of benzene rings is 2. The number of rotatable bonds is 5. The van der Waals surface area contributed by atoms with Gasteiger partial charge in [0.15, 0.2) is 11.5 Å². The van der Waals surface area contributed by atoms with E-state index in [1.54, 1.807) is 18.2 Å². The molecule has 1 atom stereocenters. The summed E-state index contributed by atoms with van der Waals surface area (Å²) in [4.78, 5) is 25.3. The summed E-state index contributed by atoms with van der Waals surface area (Å²) in [6.07, 6.45) is 2.12. The molecule has 1 saturated heterocycles. The maximum atomic E-state index is 12.8. The number of amides is 1. The first-order chi connectivity index (χ1) is 13.4. The molecule has 0 bridgehead atoms. The van der Waals surface area contributed by atoms with Gasteiger partial charge in [0.25, 0.3) is 5.91 Å². The van der Waals surface area contributed by atoms with Gasteiger partial charge in [-0.2, -0.15) is 0 Å². The molecule has 3 rings (SSSR count). The summed E-state index contributed by atoms with van der Waals surface area (Å²) in [5, 5.41) is 11.5. The zero-order valence-electron chi connectivity index (χ0n) is 15.7. The van der Waals surface area contributed by atoms with E-state index >= 15 is 0 Å². The summed E-state index contributed by atoms with van der Waals surface area (Å²) >= 11 is 5.84. The van der Waals surface area contributed by atoms with E-state index in [0.29, 0.717) is 17.2 Å². The minimum atomic E-state index is -0.566. The first kappa shape index (κ1) is 19.9. The average Bonchev–Trinajstić information content (AvgIpc) is 2.68. The third-order valence-corrected chi connectivity index (χ3v) is 4.93. The molecule has 0 saturated carbocycles. The van der Waals surface area contributed by atoms with Gasteiger partial charge in [0, 0.05) is 29.7 Å². The molecule has 2 aromatic rings. The second kappa shape index (κ2) is 8.48. The van der Waals surface area contributed by atoms with Crippen LogP contribution in [-0.2, 0) is 0 Å². The highest BCUT2D eigenvalue weighted by Gasteiger charge is 2.24. The number of nitrogens with zero attached hydrogens (tertiary/aromatic N) is 2. The molecule has 8 heteroatoms. The molecular weight excluding hydrogens is 384 g/mol. The Morgan fingerprint density at radius 3 is 2.64 bits per heavy atom. The number of piperidine rings is 1. The second-order valence-electron chi connectivity index (χ2n) is 6.84. The van der Waals surface area contributed by atoms with Crippen LogP contribution < -0.4 is 9.47 Å². The van der Waals surface area contributed by atoms with Crippen LogP contribution >= 0.6 is 11.6 Å². The van der Waals surface area contributed by atoms with Gasteiger partial charge < -0.3 is 14.4 Å². The number of nitro groups is 1. The highest BCUT2D eigenvalue weighted by molar-refractivity contribution is 6.30. The van der Waals surface area contributed by atoms with Crippen LogP contribution in [-0.4, -0.2) is 35.9 Å². The van der Waals surface area contributed by atoms with Crippen LogP contribution in [0.5, 0.6) is 17.2 Å². The van der Waals surface area contributed by atoms with E-state index in [9.17, 15) is 14.9 Å². The van der Waals surface area contributed by atoms with Crippen LogP contribution in [0.2, 0.25) is 5.02 Å². The molecule has 2 aromatic carbocycles. The predicted molar refractivity (Wildman–Crippen MR) is 105 cm³/mol. The average molecular weight is 405 g/mol. The van der Waals surface area contributed by atoms with Gasteiger partial charge in [0.1, 0.15) is 0 Å². The number of methoxy groups -OCH3 is 1. The fourth-order valence-corrected chi connectivity index (χ4v) is 3.45. The van der Waals surface area contributed by atoms with E-state index in [4.69, 9.17) is 21.1 Å². The van der Waals surface area contributed by atoms with Crippen LogP contribution in [0.1, 0.15) is 30.1 Å². The van der Waals surface area contributed by atoms with Crippen molar-refractivity contribution in [2.24, 2.45) is 5.92 Å². The predicted octanol–water partition coefficient (Wildman–Crippen LogP) is 4.92. The second-order valence-corrected chi connectivity index (χ2v) is 7.27. The van der Waals surface area contributed by atoms with E-state index in [0.717, 1.165) is 25.9 Å². The van der Waals surface area contributed by atoms with Crippen LogP contribution in [0.4, 0.5) is 5.69 Å². The maximum absolute atomic E-state index is 12.8. The lowest BCUT2D eigenvalue weighted by atomic mass is 9.99. The van der Waals surface area contributed by atoms with Crippen molar-refractivity contribution in [3.05, 3.63) is 57.1 Å². The minimum Gasteiger partial charge on any atom is -0.493 e. The SMILES string of the molecule is COc1cc(C(=O)N2CCCC(C)C2)ccc1Oc1ccc(Cl)cc1[N+](=O)[O-]. The lowest BCUT2D eigenvalue weighted by molar-refractivity contribution is -0.385. The van der Waals surface area contributed by atoms with E-state index < -0.39 is 4.92 Å². The summed E-state index contributed by atoms with van der Waals surface area (Å²) < 4.78 is 11.0. The maximum Gasteiger partial charge on any atom is 0.313 e. The molecule has 0 N–H and O–H groups in total. The smallest absolute Gasteiger partial charge is 0.313 e. The topological polar surface area (TPSA) is 81.9 Å². The summed E-state index contributed by atoms with van der Waals surface area (Å²) in [5.74, 6) is 1.05. The number of hydrogen-bond donors (Lipinski definition) is 0. The number of carbonyl (C=O) groups excluding carboxylic acids is 1. The Bertz CT molecular complexity index is 902. The Balaban J connectivity index is 1.86. The molecule has 0 radical (unpaired) electrons. The first-order valence-corrected chi connectivity index (χ1v) is 9.36. The molecule has 7 nitrogen and oxygen atoms in total. The first-order valence-electron chi connectivity index (χ1n) is 8.98. The number of halogens is 1. The van der Waals surface area contributed by atoms with Crippen molar-refractivity contribution in [2.45, 2.75) is 19.8 Å². The fourth-order valence-electron chi connectivity index (χ4n) is 3.28. The van der Waals surface area contributed by atoms with Gasteiger partial charge in [0.2, 0.25) is 5.75 Å². The van der Waals surface area contributed by atoms with Crippen LogP contribution in [0.15, 0.2) is 36.4 Å². The molecule has 148 valence electrons. The molecule has 1 fully saturated rings. The molecule has 0 spiro atoms. The molecule has 1 heterocycles. The van der Waals surface area contributed by atoms with E-state index in [1.165, 1.54) is 25.3 Å². The Morgan fingerprint density at radius 2 is 1.96 bits per heavy atom. The van der Waals surface area contributed by atoms with E-state index in [1.807, 2.05) is 4.90 Å². The van der Waals surface area contributed by atoms with E-state index in [2.05, 4.69) is 6.92 Å². The van der Waals surface area contributed by atoms with Crippen LogP contribution in [0.3, 0.4) is 0 Å². The Morgan fingerprint density at radius 1 is 1.21 bits per heavy atom. The third-order valence-electron chi connectivity index (χ3n) is 4.69. The van der Waals surface area contributed by atoms with E-state index in [-0.39, 0.29) is 28.1 Å². The molecule has 28 heavy (non-hydrogen) atoms. The number of nitro benzene ring substituents is 1. The van der Waals surface area contributed by atoms with Crippen molar-refractivity contribution < 1.29 is 19.2 Å².